The SMILES string of the molecule is COCC(=O)Nc1cc(Oc2ccc(NC(=O)Nc3cc(C4CCOCC4)nn3-c3ccc(C)cc3)c3ccccc23)ccn1. The van der Waals surface area contributed by atoms with Gasteiger partial charge in [0.1, 0.15) is 29.7 Å². The normalized spacial score (nSPS) is 13.4. The minimum absolute atomic E-state index is 0.0785. The molecule has 45 heavy (non-hydrogen) atoms. The van der Waals surface area contributed by atoms with Crippen LogP contribution in [0.2, 0.25) is 0 Å². The molecule has 3 heterocycles. The summed E-state index contributed by atoms with van der Waals surface area (Å²) in [6, 6.07) is 24.1. The van der Waals surface area contributed by atoms with Gasteiger partial charge < -0.3 is 24.8 Å². The maximum absolute atomic E-state index is 13.4. The fraction of sp³-hybridized carbons (Fsp3) is 0.235. The molecule has 11 heteroatoms. The van der Waals surface area contributed by atoms with Gasteiger partial charge in [-0.25, -0.2) is 14.5 Å². The van der Waals surface area contributed by atoms with Gasteiger partial charge in [0, 0.05) is 55.3 Å². The number of amides is 3. The van der Waals surface area contributed by atoms with E-state index in [2.05, 4.69) is 20.9 Å². The number of hydrogen-bond donors (Lipinski definition) is 3. The highest BCUT2D eigenvalue weighted by molar-refractivity contribution is 6.07. The molecule has 1 aliphatic rings. The Labute approximate surface area is 260 Å². The second-order valence-corrected chi connectivity index (χ2v) is 10.8. The van der Waals surface area contributed by atoms with E-state index in [9.17, 15) is 9.59 Å². The van der Waals surface area contributed by atoms with Crippen molar-refractivity contribution in [2.45, 2.75) is 25.7 Å². The quantitative estimate of drug-likeness (QED) is 0.171. The van der Waals surface area contributed by atoms with Gasteiger partial charge in [0.15, 0.2) is 0 Å². The lowest BCUT2D eigenvalue weighted by atomic mass is 9.97. The first kappa shape index (κ1) is 29.8. The van der Waals surface area contributed by atoms with Crippen LogP contribution in [-0.4, -0.2) is 53.6 Å². The van der Waals surface area contributed by atoms with Gasteiger partial charge in [0.05, 0.1) is 17.1 Å². The van der Waals surface area contributed by atoms with Gasteiger partial charge in [-0.3, -0.25) is 10.1 Å². The number of aryl methyl sites for hydroxylation is 1. The van der Waals surface area contributed by atoms with Gasteiger partial charge >= 0.3 is 6.03 Å². The van der Waals surface area contributed by atoms with Crippen molar-refractivity contribution >= 4 is 40.0 Å². The van der Waals surface area contributed by atoms with E-state index in [1.165, 1.54) is 7.11 Å². The number of pyridine rings is 1. The summed E-state index contributed by atoms with van der Waals surface area (Å²) < 4.78 is 18.4. The number of fused-ring (bicyclic) bond motifs is 1. The summed E-state index contributed by atoms with van der Waals surface area (Å²) in [4.78, 5) is 29.5. The molecule has 5 aromatic rings. The number of hydrogen-bond acceptors (Lipinski definition) is 7. The second kappa shape index (κ2) is 13.6. The molecule has 0 aliphatic carbocycles. The molecule has 1 saturated heterocycles. The minimum Gasteiger partial charge on any atom is -0.457 e. The highest BCUT2D eigenvalue weighted by Gasteiger charge is 2.22. The Balaban J connectivity index is 1.23. The lowest BCUT2D eigenvalue weighted by Gasteiger charge is -2.19. The Kier molecular flexibility index (Phi) is 8.99. The average molecular weight is 607 g/mol. The Morgan fingerprint density at radius 1 is 0.933 bits per heavy atom. The van der Waals surface area contributed by atoms with E-state index in [1.54, 1.807) is 35.1 Å². The van der Waals surface area contributed by atoms with Crippen molar-refractivity contribution in [2.75, 3.05) is 42.9 Å². The molecule has 3 amide bonds. The minimum atomic E-state index is -0.397. The molecule has 0 atom stereocenters. The molecule has 0 radical (unpaired) electrons. The monoisotopic (exact) mass is 606 g/mol. The fourth-order valence-corrected chi connectivity index (χ4v) is 5.28. The number of anilines is 3. The van der Waals surface area contributed by atoms with E-state index >= 15 is 0 Å². The summed E-state index contributed by atoms with van der Waals surface area (Å²) in [5.41, 5.74) is 3.54. The van der Waals surface area contributed by atoms with Crippen molar-refractivity contribution in [1.29, 1.82) is 0 Å². The van der Waals surface area contributed by atoms with Crippen LogP contribution in [0.25, 0.3) is 16.5 Å². The molecule has 230 valence electrons. The number of carbonyl (C=O) groups is 2. The zero-order chi connectivity index (χ0) is 31.2. The van der Waals surface area contributed by atoms with E-state index in [0.717, 1.165) is 40.6 Å². The standard InChI is InChI=1S/C34H34N6O5/c1-22-7-9-24(10-8-22)40-32(20-29(39-40)23-14-17-44-18-15-23)38-34(42)36-28-11-12-30(27-6-4-3-5-26(27)28)45-25-13-16-35-31(19-25)37-33(41)21-43-2/h3-13,16,19-20,23H,14-15,17-18,21H2,1-2H3,(H,35,37,41)(H2,36,38,42). The van der Waals surface area contributed by atoms with E-state index in [0.29, 0.717) is 42.0 Å². The number of ether oxygens (including phenoxy) is 3. The van der Waals surface area contributed by atoms with Crippen molar-refractivity contribution in [1.82, 2.24) is 14.8 Å². The Bertz CT molecular complexity index is 1810. The second-order valence-electron chi connectivity index (χ2n) is 10.8. The van der Waals surface area contributed by atoms with Crippen molar-refractivity contribution in [3.8, 4) is 17.2 Å². The Morgan fingerprint density at radius 3 is 2.49 bits per heavy atom. The van der Waals surface area contributed by atoms with Gasteiger partial charge in [-0.05, 0) is 50.1 Å². The van der Waals surface area contributed by atoms with Crippen molar-refractivity contribution in [2.24, 2.45) is 0 Å². The van der Waals surface area contributed by atoms with Gasteiger partial charge in [-0.2, -0.15) is 5.10 Å². The number of urea groups is 1. The third kappa shape index (κ3) is 7.11. The number of carbonyl (C=O) groups excluding carboxylic acids is 2. The lowest BCUT2D eigenvalue weighted by Crippen LogP contribution is -2.21. The molecule has 0 unspecified atom stereocenters. The van der Waals surface area contributed by atoms with Crippen LogP contribution in [0.3, 0.4) is 0 Å². The zero-order valence-electron chi connectivity index (χ0n) is 25.1. The zero-order valence-corrected chi connectivity index (χ0v) is 25.1. The summed E-state index contributed by atoms with van der Waals surface area (Å²) >= 11 is 0. The molecular weight excluding hydrogens is 572 g/mol. The number of methoxy groups -OCH3 is 1. The van der Waals surface area contributed by atoms with Gasteiger partial charge in [-0.15, -0.1) is 0 Å². The third-order valence-corrected chi connectivity index (χ3v) is 7.52. The van der Waals surface area contributed by atoms with Gasteiger partial charge in [-0.1, -0.05) is 42.0 Å². The maximum atomic E-state index is 13.4. The topological polar surface area (TPSA) is 129 Å². The molecule has 6 rings (SSSR count). The van der Waals surface area contributed by atoms with Crippen LogP contribution in [0.15, 0.2) is 85.1 Å². The van der Waals surface area contributed by atoms with E-state index in [-0.39, 0.29) is 18.4 Å². The largest absolute Gasteiger partial charge is 0.457 e. The number of aromatic nitrogens is 3. The molecule has 0 spiro atoms. The molecule has 1 aliphatic heterocycles. The molecule has 3 aromatic carbocycles. The Morgan fingerprint density at radius 2 is 1.71 bits per heavy atom. The number of nitrogens with zero attached hydrogens (tertiary/aromatic N) is 3. The summed E-state index contributed by atoms with van der Waals surface area (Å²) in [6.45, 7) is 3.35. The van der Waals surface area contributed by atoms with Crippen LogP contribution in [0.1, 0.15) is 30.0 Å². The van der Waals surface area contributed by atoms with Crippen molar-refractivity contribution in [3.05, 3.63) is 96.3 Å². The van der Waals surface area contributed by atoms with Crippen LogP contribution < -0.4 is 20.7 Å². The Hall–Kier alpha value is -5.26. The van der Waals surface area contributed by atoms with E-state index in [1.807, 2.05) is 61.5 Å². The predicted molar refractivity (Wildman–Crippen MR) is 173 cm³/mol. The maximum Gasteiger partial charge on any atom is 0.324 e. The molecule has 0 bridgehead atoms. The lowest BCUT2D eigenvalue weighted by molar-refractivity contribution is -0.119. The van der Waals surface area contributed by atoms with Crippen molar-refractivity contribution in [3.63, 3.8) is 0 Å². The highest BCUT2D eigenvalue weighted by Crippen LogP contribution is 2.35. The number of nitrogens with one attached hydrogen (secondary N) is 3. The summed E-state index contributed by atoms with van der Waals surface area (Å²) in [5.74, 6) is 1.94. The van der Waals surface area contributed by atoms with Gasteiger partial charge in [0.25, 0.3) is 5.91 Å². The van der Waals surface area contributed by atoms with Crippen molar-refractivity contribution < 1.29 is 23.8 Å². The number of rotatable bonds is 9. The fourth-order valence-electron chi connectivity index (χ4n) is 5.28. The molecule has 11 nitrogen and oxygen atoms in total. The smallest absolute Gasteiger partial charge is 0.324 e. The van der Waals surface area contributed by atoms with Crippen LogP contribution in [-0.2, 0) is 14.3 Å². The summed E-state index contributed by atoms with van der Waals surface area (Å²) in [7, 11) is 1.45. The molecule has 0 saturated carbocycles. The van der Waals surface area contributed by atoms with E-state index < -0.39 is 6.03 Å². The highest BCUT2D eigenvalue weighted by atomic mass is 16.5. The van der Waals surface area contributed by atoms with Gasteiger partial charge in [0.2, 0.25) is 0 Å². The molecule has 2 aromatic heterocycles. The summed E-state index contributed by atoms with van der Waals surface area (Å²) in [5, 5.41) is 15.2. The van der Waals surface area contributed by atoms with Crippen LogP contribution in [0, 0.1) is 6.92 Å². The first-order valence-corrected chi connectivity index (χ1v) is 14.7. The molecule has 3 N–H and O–H groups in total. The van der Waals surface area contributed by atoms with Crippen LogP contribution >= 0.6 is 0 Å². The van der Waals surface area contributed by atoms with Crippen LogP contribution in [0.5, 0.6) is 11.5 Å². The predicted octanol–water partition coefficient (Wildman–Crippen LogP) is 6.64. The first-order valence-electron chi connectivity index (χ1n) is 14.7. The van der Waals surface area contributed by atoms with Crippen LogP contribution in [0.4, 0.5) is 22.1 Å². The first-order chi connectivity index (χ1) is 22.0. The van der Waals surface area contributed by atoms with E-state index in [4.69, 9.17) is 19.3 Å². The molecular formula is C34H34N6O5. The molecule has 1 fully saturated rings. The summed E-state index contributed by atoms with van der Waals surface area (Å²) in [6.07, 6.45) is 3.33. The third-order valence-electron chi connectivity index (χ3n) is 7.52. The number of benzene rings is 3. The average Bonchev–Trinajstić information content (AvgIpc) is 3.47.